The first-order chi connectivity index (χ1) is 12.2. The molecule has 1 aromatic carbocycles. The van der Waals surface area contributed by atoms with Gasteiger partial charge in [-0.05, 0) is 24.1 Å². The van der Waals surface area contributed by atoms with Crippen molar-refractivity contribution in [3.05, 3.63) is 66.4 Å². The fourth-order valence-corrected chi connectivity index (χ4v) is 2.63. The summed E-state index contributed by atoms with van der Waals surface area (Å²) in [5, 5.41) is 7.45. The Kier molecular flexibility index (Phi) is 3.85. The number of aromatic nitrogens is 6. The Morgan fingerprint density at radius 3 is 2.92 bits per heavy atom. The highest BCUT2D eigenvalue weighted by Crippen LogP contribution is 2.17. The van der Waals surface area contributed by atoms with Crippen LogP contribution in [0.3, 0.4) is 0 Å². The number of nitrogens with one attached hydrogen (secondary N) is 1. The number of hydrogen-bond donors (Lipinski definition) is 1. The predicted octanol–water partition coefficient (Wildman–Crippen LogP) is 2.62. The van der Waals surface area contributed by atoms with Crippen molar-refractivity contribution < 1.29 is 4.39 Å². The van der Waals surface area contributed by atoms with E-state index in [0.717, 1.165) is 23.5 Å². The Hall–Kier alpha value is -3.29. The van der Waals surface area contributed by atoms with Crippen LogP contribution in [0, 0.1) is 5.82 Å². The molecule has 0 atom stereocenters. The molecule has 0 saturated heterocycles. The zero-order chi connectivity index (χ0) is 17.2. The van der Waals surface area contributed by atoms with E-state index in [1.807, 2.05) is 19.1 Å². The van der Waals surface area contributed by atoms with Gasteiger partial charge in [-0.3, -0.25) is 0 Å². The minimum Gasteiger partial charge on any atom is -0.366 e. The fourth-order valence-electron chi connectivity index (χ4n) is 2.63. The van der Waals surface area contributed by atoms with Gasteiger partial charge in [0, 0.05) is 30.7 Å². The number of rotatable bonds is 5. The first kappa shape index (κ1) is 15.3. The second kappa shape index (κ2) is 6.31. The van der Waals surface area contributed by atoms with Crippen molar-refractivity contribution in [2.45, 2.75) is 19.9 Å². The lowest BCUT2D eigenvalue weighted by Crippen LogP contribution is -2.08. The molecule has 1 N–H and O–H groups in total. The molecule has 4 aromatic rings. The van der Waals surface area contributed by atoms with E-state index in [9.17, 15) is 4.39 Å². The van der Waals surface area contributed by atoms with Crippen LogP contribution in [0.1, 0.15) is 18.2 Å². The normalized spacial score (nSPS) is 11.1. The molecule has 0 unspecified atom stereocenters. The molecule has 7 nitrogen and oxygen atoms in total. The fraction of sp³-hybridized carbons (Fsp3) is 0.176. The molecule has 0 fully saturated rings. The zero-order valence-corrected chi connectivity index (χ0v) is 13.6. The Bertz CT molecular complexity index is 1010. The summed E-state index contributed by atoms with van der Waals surface area (Å²) in [7, 11) is 0. The van der Waals surface area contributed by atoms with Crippen LogP contribution in [-0.4, -0.2) is 29.1 Å². The van der Waals surface area contributed by atoms with Crippen LogP contribution in [0.5, 0.6) is 0 Å². The molecule has 0 amide bonds. The van der Waals surface area contributed by atoms with Crippen LogP contribution in [0.15, 0.2) is 49.3 Å². The molecule has 0 bridgehead atoms. The molecule has 3 heterocycles. The molecule has 0 radical (unpaired) electrons. The molecule has 0 aliphatic rings. The first-order valence-electron chi connectivity index (χ1n) is 7.95. The minimum atomic E-state index is -0.299. The van der Waals surface area contributed by atoms with Crippen LogP contribution in [0.2, 0.25) is 0 Å². The lowest BCUT2D eigenvalue weighted by molar-refractivity contribution is 0.616. The van der Waals surface area contributed by atoms with Crippen LogP contribution >= 0.6 is 0 Å². The predicted molar refractivity (Wildman–Crippen MR) is 91.0 cm³/mol. The van der Waals surface area contributed by atoms with E-state index in [2.05, 4.69) is 25.4 Å². The smallest absolute Gasteiger partial charge is 0.254 e. The number of imidazole rings is 1. The monoisotopic (exact) mass is 337 g/mol. The number of nitrogens with zero attached hydrogens (tertiary/aromatic N) is 6. The molecular formula is C17H16FN7. The third kappa shape index (κ3) is 2.93. The summed E-state index contributed by atoms with van der Waals surface area (Å²) >= 11 is 0. The van der Waals surface area contributed by atoms with Crippen molar-refractivity contribution >= 4 is 11.6 Å². The van der Waals surface area contributed by atoms with Gasteiger partial charge in [0.2, 0.25) is 0 Å². The number of hydrogen-bond acceptors (Lipinski definition) is 5. The van der Waals surface area contributed by atoms with E-state index in [1.54, 1.807) is 33.9 Å². The first-order valence-corrected chi connectivity index (χ1v) is 7.95. The van der Waals surface area contributed by atoms with Crippen molar-refractivity contribution in [2.75, 3.05) is 5.32 Å². The molecule has 0 aliphatic carbocycles. The van der Waals surface area contributed by atoms with Crippen LogP contribution in [-0.2, 0) is 13.0 Å². The zero-order valence-electron chi connectivity index (χ0n) is 13.6. The average molecular weight is 337 g/mol. The molecule has 3 aromatic heterocycles. The lowest BCUT2D eigenvalue weighted by Gasteiger charge is -2.11. The number of aryl methyl sites for hydroxylation is 1. The molecule has 0 spiro atoms. The van der Waals surface area contributed by atoms with Gasteiger partial charge in [-0.1, -0.05) is 13.0 Å². The van der Waals surface area contributed by atoms with E-state index >= 15 is 0 Å². The van der Waals surface area contributed by atoms with E-state index in [1.165, 1.54) is 12.4 Å². The van der Waals surface area contributed by atoms with Gasteiger partial charge >= 0.3 is 0 Å². The van der Waals surface area contributed by atoms with E-state index < -0.39 is 0 Å². The molecule has 0 saturated carbocycles. The van der Waals surface area contributed by atoms with Gasteiger partial charge < -0.3 is 9.88 Å². The summed E-state index contributed by atoms with van der Waals surface area (Å²) in [6.07, 6.45) is 7.16. The summed E-state index contributed by atoms with van der Waals surface area (Å²) in [5.74, 6) is 1.02. The average Bonchev–Trinajstić information content (AvgIpc) is 3.31. The SMILES string of the molecule is CCc1cc(NCc2ccc(-n3ccnc3)c(F)c2)n2ncnc2n1. The van der Waals surface area contributed by atoms with Crippen molar-refractivity contribution in [3.8, 4) is 5.69 Å². The largest absolute Gasteiger partial charge is 0.366 e. The molecule has 8 heteroatoms. The van der Waals surface area contributed by atoms with Gasteiger partial charge in [-0.25, -0.2) is 14.4 Å². The highest BCUT2D eigenvalue weighted by Gasteiger charge is 2.08. The van der Waals surface area contributed by atoms with Crippen LogP contribution in [0.25, 0.3) is 11.5 Å². The summed E-state index contributed by atoms with van der Waals surface area (Å²) in [6.45, 7) is 2.49. The van der Waals surface area contributed by atoms with Crippen molar-refractivity contribution in [2.24, 2.45) is 0 Å². The third-order valence-electron chi connectivity index (χ3n) is 3.94. The topological polar surface area (TPSA) is 72.9 Å². The quantitative estimate of drug-likeness (QED) is 0.606. The Morgan fingerprint density at radius 2 is 2.16 bits per heavy atom. The van der Waals surface area contributed by atoms with Crippen LogP contribution < -0.4 is 5.32 Å². The number of fused-ring (bicyclic) bond motifs is 1. The van der Waals surface area contributed by atoms with Gasteiger partial charge in [0.1, 0.15) is 18.0 Å². The Morgan fingerprint density at radius 1 is 1.24 bits per heavy atom. The van der Waals surface area contributed by atoms with Gasteiger partial charge in [-0.2, -0.15) is 14.6 Å². The summed E-state index contributed by atoms with van der Waals surface area (Å²) in [4.78, 5) is 12.5. The minimum absolute atomic E-state index is 0.299. The molecular weight excluding hydrogens is 321 g/mol. The van der Waals surface area contributed by atoms with E-state index in [4.69, 9.17) is 0 Å². The molecule has 4 rings (SSSR count). The maximum atomic E-state index is 14.3. The molecule has 25 heavy (non-hydrogen) atoms. The lowest BCUT2D eigenvalue weighted by atomic mass is 10.2. The van der Waals surface area contributed by atoms with Crippen LogP contribution in [0.4, 0.5) is 10.2 Å². The second-order valence-electron chi connectivity index (χ2n) is 5.57. The van der Waals surface area contributed by atoms with Gasteiger partial charge in [0.15, 0.2) is 0 Å². The molecule has 0 aliphatic heterocycles. The third-order valence-corrected chi connectivity index (χ3v) is 3.94. The summed E-state index contributed by atoms with van der Waals surface area (Å²) in [6, 6.07) is 7.07. The molecule has 126 valence electrons. The Labute approximate surface area is 143 Å². The second-order valence-corrected chi connectivity index (χ2v) is 5.57. The standard InChI is InChI=1S/C17H16FN7/c1-2-13-8-16(25-17(23-13)21-10-22-25)20-9-12-3-4-15(14(18)7-12)24-6-5-19-11-24/h3-8,10-11,20H,2,9H2,1H3. The summed E-state index contributed by atoms with van der Waals surface area (Å²) < 4.78 is 17.6. The summed E-state index contributed by atoms with van der Waals surface area (Å²) in [5.41, 5.74) is 2.21. The van der Waals surface area contributed by atoms with Gasteiger partial charge in [0.25, 0.3) is 5.78 Å². The van der Waals surface area contributed by atoms with Crippen molar-refractivity contribution in [1.82, 2.24) is 29.1 Å². The highest BCUT2D eigenvalue weighted by atomic mass is 19.1. The van der Waals surface area contributed by atoms with Crippen molar-refractivity contribution in [3.63, 3.8) is 0 Å². The number of benzene rings is 1. The maximum absolute atomic E-state index is 14.3. The highest BCUT2D eigenvalue weighted by molar-refractivity contribution is 5.46. The maximum Gasteiger partial charge on any atom is 0.254 e. The van der Waals surface area contributed by atoms with E-state index in [0.29, 0.717) is 18.0 Å². The van der Waals surface area contributed by atoms with Gasteiger partial charge in [0.05, 0.1) is 12.0 Å². The number of anilines is 1. The number of halogens is 1. The van der Waals surface area contributed by atoms with E-state index in [-0.39, 0.29) is 5.82 Å². The van der Waals surface area contributed by atoms with Crippen molar-refractivity contribution in [1.29, 1.82) is 0 Å². The van der Waals surface area contributed by atoms with Gasteiger partial charge in [-0.15, -0.1) is 0 Å². The Balaban J connectivity index is 1.58.